The molecule has 0 aliphatic heterocycles. The molecule has 102 valence electrons. The Hall–Kier alpha value is -1.72. The summed E-state index contributed by atoms with van der Waals surface area (Å²) in [6, 6.07) is 7.06. The number of aliphatic hydroxyl groups is 1. The number of pyridine rings is 1. The highest BCUT2D eigenvalue weighted by Gasteiger charge is 2.07. The molecule has 0 amide bonds. The van der Waals surface area contributed by atoms with Gasteiger partial charge in [0.1, 0.15) is 5.65 Å². The molecule has 0 fully saturated rings. The van der Waals surface area contributed by atoms with Crippen LogP contribution in [0, 0.1) is 0 Å². The summed E-state index contributed by atoms with van der Waals surface area (Å²) in [6.45, 7) is 4.29. The van der Waals surface area contributed by atoms with Gasteiger partial charge in [-0.05, 0) is 25.1 Å². The van der Waals surface area contributed by atoms with E-state index in [-0.39, 0.29) is 12.2 Å². The van der Waals surface area contributed by atoms with E-state index in [0.29, 0.717) is 18.7 Å². The maximum absolute atomic E-state index is 12.0. The zero-order chi connectivity index (χ0) is 13.7. The Labute approximate surface area is 112 Å². The van der Waals surface area contributed by atoms with Crippen molar-refractivity contribution in [1.82, 2.24) is 14.3 Å². The Kier molecular flexibility index (Phi) is 4.65. The van der Waals surface area contributed by atoms with Crippen molar-refractivity contribution < 1.29 is 5.11 Å². The van der Waals surface area contributed by atoms with Gasteiger partial charge in [-0.25, -0.2) is 4.98 Å². The number of rotatable bonds is 6. The van der Waals surface area contributed by atoms with E-state index in [1.54, 1.807) is 12.3 Å². The topological polar surface area (TPSA) is 57.8 Å². The van der Waals surface area contributed by atoms with Crippen molar-refractivity contribution in [2.24, 2.45) is 0 Å². The first-order chi connectivity index (χ1) is 9.24. The van der Waals surface area contributed by atoms with Crippen LogP contribution in [0.1, 0.15) is 19.0 Å². The van der Waals surface area contributed by atoms with Gasteiger partial charge >= 0.3 is 0 Å². The van der Waals surface area contributed by atoms with E-state index in [1.165, 1.54) is 4.40 Å². The lowest BCUT2D eigenvalue weighted by molar-refractivity contribution is 0.189. The predicted molar refractivity (Wildman–Crippen MR) is 74.1 cm³/mol. The second kappa shape index (κ2) is 6.45. The molecule has 0 unspecified atom stereocenters. The van der Waals surface area contributed by atoms with Crippen molar-refractivity contribution in [3.63, 3.8) is 0 Å². The average molecular weight is 261 g/mol. The van der Waals surface area contributed by atoms with Crippen molar-refractivity contribution in [3.05, 3.63) is 46.5 Å². The maximum Gasteiger partial charge on any atom is 0.258 e. The van der Waals surface area contributed by atoms with Gasteiger partial charge < -0.3 is 5.11 Å². The van der Waals surface area contributed by atoms with Crippen molar-refractivity contribution >= 4 is 5.65 Å². The molecule has 2 aromatic heterocycles. The van der Waals surface area contributed by atoms with Gasteiger partial charge in [-0.3, -0.25) is 14.1 Å². The van der Waals surface area contributed by atoms with E-state index in [2.05, 4.69) is 16.8 Å². The molecule has 1 N–H and O–H groups in total. The lowest BCUT2D eigenvalue weighted by Crippen LogP contribution is -2.28. The van der Waals surface area contributed by atoms with E-state index in [4.69, 9.17) is 5.11 Å². The maximum atomic E-state index is 12.0. The monoisotopic (exact) mass is 261 g/mol. The molecule has 0 atom stereocenters. The fraction of sp³-hybridized carbons (Fsp3) is 0.429. The molecule has 0 aliphatic carbocycles. The smallest absolute Gasteiger partial charge is 0.258 e. The first-order valence-corrected chi connectivity index (χ1v) is 6.55. The lowest BCUT2D eigenvalue weighted by Gasteiger charge is -2.19. The van der Waals surface area contributed by atoms with Crippen molar-refractivity contribution in [3.8, 4) is 0 Å². The van der Waals surface area contributed by atoms with Crippen molar-refractivity contribution in [1.29, 1.82) is 0 Å². The molecule has 0 spiro atoms. The molecule has 2 rings (SSSR count). The van der Waals surface area contributed by atoms with E-state index in [0.717, 1.165) is 18.7 Å². The van der Waals surface area contributed by atoms with Gasteiger partial charge in [-0.15, -0.1) is 0 Å². The number of hydrogen-bond donors (Lipinski definition) is 1. The van der Waals surface area contributed by atoms with Crippen LogP contribution in [0.25, 0.3) is 5.65 Å². The van der Waals surface area contributed by atoms with Crippen LogP contribution >= 0.6 is 0 Å². The van der Waals surface area contributed by atoms with E-state index < -0.39 is 0 Å². The third-order valence-electron chi connectivity index (χ3n) is 2.97. The first-order valence-electron chi connectivity index (χ1n) is 6.55. The summed E-state index contributed by atoms with van der Waals surface area (Å²) < 4.78 is 1.53. The minimum atomic E-state index is -0.0685. The third-order valence-corrected chi connectivity index (χ3v) is 2.97. The summed E-state index contributed by atoms with van der Waals surface area (Å²) in [5.41, 5.74) is 1.34. The van der Waals surface area contributed by atoms with Crippen LogP contribution in [0.5, 0.6) is 0 Å². The fourth-order valence-corrected chi connectivity index (χ4v) is 2.14. The van der Waals surface area contributed by atoms with Crippen LogP contribution < -0.4 is 5.56 Å². The van der Waals surface area contributed by atoms with Crippen LogP contribution in [-0.2, 0) is 6.54 Å². The lowest BCUT2D eigenvalue weighted by atomic mass is 10.3. The molecule has 19 heavy (non-hydrogen) atoms. The molecule has 5 heteroatoms. The highest BCUT2D eigenvalue weighted by molar-refractivity contribution is 5.37. The van der Waals surface area contributed by atoms with Gasteiger partial charge in [0.25, 0.3) is 5.56 Å². The van der Waals surface area contributed by atoms with Crippen molar-refractivity contribution in [2.45, 2.75) is 19.9 Å². The second-order valence-corrected chi connectivity index (χ2v) is 4.51. The van der Waals surface area contributed by atoms with E-state index in [9.17, 15) is 4.79 Å². The summed E-state index contributed by atoms with van der Waals surface area (Å²) in [5.74, 6) is 0. The molecule has 0 bridgehead atoms. The van der Waals surface area contributed by atoms with Gasteiger partial charge in [0.2, 0.25) is 0 Å². The Morgan fingerprint density at radius 2 is 2.21 bits per heavy atom. The third kappa shape index (κ3) is 3.39. The van der Waals surface area contributed by atoms with E-state index in [1.807, 2.05) is 18.2 Å². The highest BCUT2D eigenvalue weighted by atomic mass is 16.3. The zero-order valence-corrected chi connectivity index (χ0v) is 11.1. The van der Waals surface area contributed by atoms with Crippen LogP contribution in [0.4, 0.5) is 0 Å². The summed E-state index contributed by atoms with van der Waals surface area (Å²) in [4.78, 5) is 18.5. The quantitative estimate of drug-likeness (QED) is 0.839. The van der Waals surface area contributed by atoms with Gasteiger partial charge in [0.15, 0.2) is 0 Å². The van der Waals surface area contributed by atoms with Gasteiger partial charge in [0.05, 0.1) is 12.3 Å². The molecule has 0 radical (unpaired) electrons. The van der Waals surface area contributed by atoms with Crippen LogP contribution in [0.2, 0.25) is 0 Å². The summed E-state index contributed by atoms with van der Waals surface area (Å²) in [6.07, 6.45) is 2.72. The molecule has 0 aromatic carbocycles. The first kappa shape index (κ1) is 13.7. The Balaban J connectivity index is 2.27. The van der Waals surface area contributed by atoms with Crippen LogP contribution in [0.15, 0.2) is 35.3 Å². The average Bonchev–Trinajstić information content (AvgIpc) is 2.39. The minimum Gasteiger partial charge on any atom is -0.395 e. The fourth-order valence-electron chi connectivity index (χ4n) is 2.14. The zero-order valence-electron chi connectivity index (χ0n) is 11.1. The standard InChI is InChI=1S/C14H19N3O2/c1-2-6-16(8-9-18)11-12-10-14(19)17-7-4-3-5-13(17)15-12/h3-5,7,10,18H,2,6,8-9,11H2,1H3. The molecular formula is C14H19N3O2. The molecule has 0 aliphatic rings. The summed E-state index contributed by atoms with van der Waals surface area (Å²) in [5, 5.41) is 9.04. The number of hydrogen-bond acceptors (Lipinski definition) is 4. The number of fused-ring (bicyclic) bond motifs is 1. The number of nitrogens with zero attached hydrogens (tertiary/aromatic N) is 3. The van der Waals surface area contributed by atoms with Gasteiger partial charge in [0, 0.05) is 25.4 Å². The molecule has 2 heterocycles. The van der Waals surface area contributed by atoms with Crippen LogP contribution in [0.3, 0.4) is 0 Å². The number of aliphatic hydroxyl groups excluding tert-OH is 1. The molecular weight excluding hydrogens is 242 g/mol. The summed E-state index contributed by atoms with van der Waals surface area (Å²) >= 11 is 0. The number of aromatic nitrogens is 2. The van der Waals surface area contributed by atoms with Crippen LogP contribution in [-0.4, -0.2) is 39.1 Å². The van der Waals surface area contributed by atoms with Gasteiger partial charge in [-0.1, -0.05) is 13.0 Å². The van der Waals surface area contributed by atoms with E-state index >= 15 is 0 Å². The Bertz CT molecular complexity index is 589. The van der Waals surface area contributed by atoms with Gasteiger partial charge in [-0.2, -0.15) is 0 Å². The Morgan fingerprint density at radius 3 is 2.95 bits per heavy atom. The molecule has 0 saturated carbocycles. The molecule has 2 aromatic rings. The minimum absolute atomic E-state index is 0.0685. The largest absolute Gasteiger partial charge is 0.395 e. The highest BCUT2D eigenvalue weighted by Crippen LogP contribution is 2.03. The Morgan fingerprint density at radius 1 is 1.37 bits per heavy atom. The molecule has 5 nitrogen and oxygen atoms in total. The normalized spacial score (nSPS) is 11.3. The SMILES string of the molecule is CCCN(CCO)Cc1cc(=O)n2ccccc2n1. The molecule has 0 saturated heterocycles. The van der Waals surface area contributed by atoms with Crippen molar-refractivity contribution in [2.75, 3.05) is 19.7 Å². The summed E-state index contributed by atoms with van der Waals surface area (Å²) in [7, 11) is 0. The predicted octanol–water partition coefficient (Wildman–Crippen LogP) is 0.899. The second-order valence-electron chi connectivity index (χ2n) is 4.51.